The van der Waals surface area contributed by atoms with Gasteiger partial charge in [0.15, 0.2) is 0 Å². The molecule has 2 heterocycles. The minimum atomic E-state index is -0.727. The Bertz CT molecular complexity index is 588. The second-order valence-electron chi connectivity index (χ2n) is 5.89. The number of carbonyl (C=O) groups excluding carboxylic acids is 1. The Morgan fingerprint density at radius 2 is 1.78 bits per heavy atom. The number of halogens is 2. The van der Waals surface area contributed by atoms with Crippen molar-refractivity contribution in [2.45, 2.75) is 25.3 Å². The van der Waals surface area contributed by atoms with Crippen molar-refractivity contribution >= 4 is 41.6 Å². The van der Waals surface area contributed by atoms with Gasteiger partial charge in [0.05, 0.1) is 22.7 Å². The maximum absolute atomic E-state index is 12.7. The molecule has 3 rings (SSSR count). The predicted molar refractivity (Wildman–Crippen MR) is 91.4 cm³/mol. The number of hydrogen-bond acceptors (Lipinski definition) is 3. The average Bonchev–Trinajstić information content (AvgIpc) is 2.89. The van der Waals surface area contributed by atoms with Gasteiger partial charge in [-0.15, -0.1) is 12.4 Å². The topological polar surface area (TPSA) is 60.9 Å². The Kier molecular flexibility index (Phi) is 5.89. The Morgan fingerprint density at radius 3 is 2.39 bits per heavy atom. The molecule has 2 aliphatic heterocycles. The quantitative estimate of drug-likeness (QED) is 0.902. The van der Waals surface area contributed by atoms with Crippen molar-refractivity contribution in [1.29, 1.82) is 0 Å². The molecule has 0 radical (unpaired) electrons. The van der Waals surface area contributed by atoms with Crippen LogP contribution in [-0.4, -0.2) is 47.6 Å². The van der Waals surface area contributed by atoms with E-state index in [1.165, 1.54) is 0 Å². The molecule has 1 amide bonds. The Hall–Kier alpha value is -1.30. The molecule has 23 heavy (non-hydrogen) atoms. The second-order valence-corrected chi connectivity index (χ2v) is 6.30. The van der Waals surface area contributed by atoms with E-state index >= 15 is 0 Å². The number of amides is 1. The lowest BCUT2D eigenvalue weighted by atomic mass is 9.96. The molecule has 5 nitrogen and oxygen atoms in total. The highest BCUT2D eigenvalue weighted by atomic mass is 35.5. The molecule has 2 saturated heterocycles. The number of hydrogen-bond donors (Lipinski definition) is 1. The first-order chi connectivity index (χ1) is 10.6. The van der Waals surface area contributed by atoms with Crippen LogP contribution in [-0.2, 0) is 9.59 Å². The Morgan fingerprint density at radius 1 is 1.13 bits per heavy atom. The van der Waals surface area contributed by atoms with Crippen LogP contribution in [0.1, 0.15) is 19.3 Å². The number of para-hydroxylation sites is 1. The minimum absolute atomic E-state index is 0. The normalized spacial score (nSPS) is 22.9. The third-order valence-corrected chi connectivity index (χ3v) is 4.96. The molecule has 126 valence electrons. The highest BCUT2D eigenvalue weighted by molar-refractivity contribution is 6.33. The van der Waals surface area contributed by atoms with E-state index in [-0.39, 0.29) is 30.3 Å². The summed E-state index contributed by atoms with van der Waals surface area (Å²) in [5.41, 5.74) is 0.761. The van der Waals surface area contributed by atoms with Gasteiger partial charge in [0.1, 0.15) is 0 Å². The lowest BCUT2D eigenvalue weighted by molar-refractivity contribution is -0.143. The van der Waals surface area contributed by atoms with E-state index < -0.39 is 5.97 Å². The molecule has 0 spiro atoms. The summed E-state index contributed by atoms with van der Waals surface area (Å²) in [6, 6.07) is 7.22. The molecule has 1 aromatic rings. The molecule has 0 saturated carbocycles. The number of carbonyl (C=O) groups is 2. The number of rotatable bonds is 3. The van der Waals surface area contributed by atoms with Gasteiger partial charge in [0, 0.05) is 6.54 Å². The molecular formula is C16H20Cl2N2O3. The van der Waals surface area contributed by atoms with Crippen LogP contribution in [0.15, 0.2) is 24.3 Å². The van der Waals surface area contributed by atoms with Crippen LogP contribution in [0, 0.1) is 5.92 Å². The van der Waals surface area contributed by atoms with Crippen LogP contribution in [0.5, 0.6) is 0 Å². The molecule has 0 aromatic heterocycles. The van der Waals surface area contributed by atoms with E-state index in [0.29, 0.717) is 37.5 Å². The zero-order valence-corrected chi connectivity index (χ0v) is 14.2. The fourth-order valence-electron chi connectivity index (χ4n) is 3.37. The predicted octanol–water partition coefficient (Wildman–Crippen LogP) is 2.66. The average molecular weight is 359 g/mol. The summed E-state index contributed by atoms with van der Waals surface area (Å²) in [5.74, 6) is -0.926. The van der Waals surface area contributed by atoms with Gasteiger partial charge in [-0.25, -0.2) is 0 Å². The van der Waals surface area contributed by atoms with Gasteiger partial charge in [-0.1, -0.05) is 23.7 Å². The first-order valence-corrected chi connectivity index (χ1v) is 7.98. The van der Waals surface area contributed by atoms with Crippen molar-refractivity contribution < 1.29 is 14.7 Å². The third kappa shape index (κ3) is 3.62. The summed E-state index contributed by atoms with van der Waals surface area (Å²) in [7, 11) is 0. The van der Waals surface area contributed by atoms with Crippen LogP contribution in [0.3, 0.4) is 0 Å². The number of carboxylic acid groups (broad SMARTS) is 1. The summed E-state index contributed by atoms with van der Waals surface area (Å²) >= 11 is 6.18. The van der Waals surface area contributed by atoms with E-state index in [1.54, 1.807) is 11.0 Å². The number of carboxylic acids is 1. The Labute approximate surface area is 146 Å². The monoisotopic (exact) mass is 358 g/mol. The van der Waals surface area contributed by atoms with Crippen molar-refractivity contribution in [3.63, 3.8) is 0 Å². The van der Waals surface area contributed by atoms with Crippen LogP contribution in [0.25, 0.3) is 0 Å². The van der Waals surface area contributed by atoms with E-state index in [0.717, 1.165) is 12.1 Å². The summed E-state index contributed by atoms with van der Waals surface area (Å²) < 4.78 is 0. The van der Waals surface area contributed by atoms with Gasteiger partial charge in [-0.05, 0) is 44.5 Å². The molecule has 1 unspecified atom stereocenters. The van der Waals surface area contributed by atoms with Crippen molar-refractivity contribution in [1.82, 2.24) is 4.90 Å². The second kappa shape index (κ2) is 7.51. The van der Waals surface area contributed by atoms with Crippen LogP contribution in [0.4, 0.5) is 5.69 Å². The van der Waals surface area contributed by atoms with Gasteiger partial charge >= 0.3 is 5.97 Å². The first-order valence-electron chi connectivity index (χ1n) is 7.60. The van der Waals surface area contributed by atoms with Gasteiger partial charge in [0.2, 0.25) is 5.91 Å². The number of nitrogens with zero attached hydrogens (tertiary/aromatic N) is 2. The first kappa shape index (κ1) is 18.0. The number of likely N-dealkylation sites (tertiary alicyclic amines) is 1. The Balaban J connectivity index is 0.00000192. The van der Waals surface area contributed by atoms with Crippen molar-refractivity contribution in [3.05, 3.63) is 29.3 Å². The lowest BCUT2D eigenvalue weighted by Gasteiger charge is -2.33. The van der Waals surface area contributed by atoms with E-state index in [9.17, 15) is 9.59 Å². The van der Waals surface area contributed by atoms with Crippen LogP contribution in [0.2, 0.25) is 5.02 Å². The third-order valence-electron chi connectivity index (χ3n) is 4.64. The largest absolute Gasteiger partial charge is 0.481 e. The van der Waals surface area contributed by atoms with Gasteiger partial charge in [0.25, 0.3) is 0 Å². The molecule has 2 fully saturated rings. The number of aliphatic carboxylic acids is 1. The van der Waals surface area contributed by atoms with Crippen molar-refractivity contribution in [2.24, 2.45) is 5.92 Å². The molecule has 0 bridgehead atoms. The summed E-state index contributed by atoms with van der Waals surface area (Å²) in [6.07, 6.45) is 2.00. The zero-order chi connectivity index (χ0) is 15.7. The zero-order valence-electron chi connectivity index (χ0n) is 12.7. The molecule has 1 aromatic carbocycles. The fourth-order valence-corrected chi connectivity index (χ4v) is 3.61. The molecule has 7 heteroatoms. The summed E-state index contributed by atoms with van der Waals surface area (Å²) in [5, 5.41) is 9.64. The van der Waals surface area contributed by atoms with E-state index in [4.69, 9.17) is 16.7 Å². The smallest absolute Gasteiger partial charge is 0.306 e. The maximum atomic E-state index is 12.7. The van der Waals surface area contributed by atoms with E-state index in [2.05, 4.69) is 4.90 Å². The summed E-state index contributed by atoms with van der Waals surface area (Å²) in [4.78, 5) is 27.6. The van der Waals surface area contributed by atoms with Gasteiger partial charge in [-0.2, -0.15) is 0 Å². The highest BCUT2D eigenvalue weighted by Crippen LogP contribution is 2.31. The number of piperidine rings is 1. The van der Waals surface area contributed by atoms with Crippen molar-refractivity contribution in [3.8, 4) is 0 Å². The molecular weight excluding hydrogens is 339 g/mol. The van der Waals surface area contributed by atoms with Crippen molar-refractivity contribution in [2.75, 3.05) is 24.5 Å². The van der Waals surface area contributed by atoms with E-state index in [1.807, 2.05) is 18.2 Å². The minimum Gasteiger partial charge on any atom is -0.481 e. The number of anilines is 1. The summed E-state index contributed by atoms with van der Waals surface area (Å²) in [6.45, 7) is 2.00. The number of benzene rings is 1. The maximum Gasteiger partial charge on any atom is 0.306 e. The molecule has 0 aliphatic carbocycles. The SMILES string of the molecule is Cl.O=C(O)C1CCN(C2CCN(c3ccccc3Cl)C2=O)CC1. The van der Waals surface area contributed by atoms with Crippen LogP contribution >= 0.6 is 24.0 Å². The molecule has 1 atom stereocenters. The molecule has 2 aliphatic rings. The van der Waals surface area contributed by atoms with Gasteiger partial charge in [-0.3, -0.25) is 14.5 Å². The lowest BCUT2D eigenvalue weighted by Crippen LogP contribution is -2.46. The van der Waals surface area contributed by atoms with Gasteiger partial charge < -0.3 is 10.0 Å². The molecule has 1 N–H and O–H groups in total. The fraction of sp³-hybridized carbons (Fsp3) is 0.500. The van der Waals surface area contributed by atoms with Crippen LogP contribution < -0.4 is 4.90 Å². The highest BCUT2D eigenvalue weighted by Gasteiger charge is 2.39. The standard InChI is InChI=1S/C16H19ClN2O3.ClH/c17-12-3-1-2-4-13(12)19-10-7-14(15(19)20)18-8-5-11(6-9-18)16(21)22;/h1-4,11,14H,5-10H2,(H,21,22);1H.